The Morgan fingerprint density at radius 1 is 1.40 bits per heavy atom. The zero-order chi connectivity index (χ0) is 10.7. The lowest BCUT2D eigenvalue weighted by atomic mass is 10.0. The van der Waals surface area contributed by atoms with E-state index in [4.69, 9.17) is 9.84 Å². The van der Waals surface area contributed by atoms with Gasteiger partial charge < -0.3 is 9.84 Å². The summed E-state index contributed by atoms with van der Waals surface area (Å²) in [7, 11) is 0. The van der Waals surface area contributed by atoms with Gasteiger partial charge in [-0.25, -0.2) is 0 Å². The minimum atomic E-state index is 0.290. The van der Waals surface area contributed by atoms with Crippen molar-refractivity contribution in [3.05, 3.63) is 29.3 Å². The number of hydrogen-bond donors (Lipinski definition) is 1. The summed E-state index contributed by atoms with van der Waals surface area (Å²) in [6.45, 7) is 2.40. The van der Waals surface area contributed by atoms with Crippen molar-refractivity contribution in [3.8, 4) is 5.75 Å². The van der Waals surface area contributed by atoms with Gasteiger partial charge in [-0.3, -0.25) is 0 Å². The van der Waals surface area contributed by atoms with Crippen molar-refractivity contribution in [2.45, 2.75) is 38.7 Å². The zero-order valence-corrected chi connectivity index (χ0v) is 9.20. The van der Waals surface area contributed by atoms with Crippen LogP contribution < -0.4 is 4.74 Å². The van der Waals surface area contributed by atoms with E-state index in [9.17, 15) is 0 Å². The second-order valence-corrected chi connectivity index (χ2v) is 4.27. The fourth-order valence-corrected chi connectivity index (χ4v) is 2.09. The largest absolute Gasteiger partial charge is 0.490 e. The topological polar surface area (TPSA) is 29.5 Å². The number of aliphatic hydroxyl groups is 1. The van der Waals surface area contributed by atoms with E-state index in [-0.39, 0.29) is 0 Å². The minimum absolute atomic E-state index is 0.290. The summed E-state index contributed by atoms with van der Waals surface area (Å²) in [4.78, 5) is 0. The SMILES string of the molecule is Cc1ccc2c(c1)CC(CCCCO)O2. The molecule has 82 valence electrons. The van der Waals surface area contributed by atoms with Crippen LogP contribution in [0.1, 0.15) is 30.4 Å². The standard InChI is InChI=1S/C13H18O2/c1-10-5-6-13-11(8-10)9-12(15-13)4-2-3-7-14/h5-6,8,12,14H,2-4,7,9H2,1H3. The number of aliphatic hydroxyl groups excluding tert-OH is 1. The molecule has 1 aliphatic heterocycles. The van der Waals surface area contributed by atoms with Crippen LogP contribution in [0.15, 0.2) is 18.2 Å². The number of aryl methyl sites for hydroxylation is 1. The molecule has 2 heteroatoms. The molecule has 0 bridgehead atoms. The Morgan fingerprint density at radius 3 is 3.07 bits per heavy atom. The van der Waals surface area contributed by atoms with Gasteiger partial charge in [0, 0.05) is 13.0 Å². The van der Waals surface area contributed by atoms with E-state index in [1.54, 1.807) is 0 Å². The van der Waals surface area contributed by atoms with Gasteiger partial charge in [0.15, 0.2) is 0 Å². The van der Waals surface area contributed by atoms with E-state index in [2.05, 4.69) is 25.1 Å². The van der Waals surface area contributed by atoms with Crippen molar-refractivity contribution in [2.75, 3.05) is 6.61 Å². The first kappa shape index (κ1) is 10.5. The maximum absolute atomic E-state index is 8.71. The number of fused-ring (bicyclic) bond motifs is 1. The molecule has 0 aromatic heterocycles. The van der Waals surface area contributed by atoms with Crippen LogP contribution in [-0.2, 0) is 6.42 Å². The highest BCUT2D eigenvalue weighted by molar-refractivity contribution is 5.40. The van der Waals surface area contributed by atoms with Gasteiger partial charge in [0.2, 0.25) is 0 Å². The molecule has 1 aromatic rings. The van der Waals surface area contributed by atoms with E-state index >= 15 is 0 Å². The molecule has 0 saturated heterocycles. The molecule has 1 heterocycles. The smallest absolute Gasteiger partial charge is 0.123 e. The molecule has 0 spiro atoms. The van der Waals surface area contributed by atoms with Gasteiger partial charge in [0.25, 0.3) is 0 Å². The van der Waals surface area contributed by atoms with Gasteiger partial charge in [-0.15, -0.1) is 0 Å². The first-order chi connectivity index (χ1) is 7.29. The monoisotopic (exact) mass is 206 g/mol. The Labute approximate surface area is 90.9 Å². The number of ether oxygens (including phenoxy) is 1. The Morgan fingerprint density at radius 2 is 2.27 bits per heavy atom. The summed E-state index contributed by atoms with van der Waals surface area (Å²) in [5, 5.41) is 8.71. The van der Waals surface area contributed by atoms with E-state index < -0.39 is 0 Å². The summed E-state index contributed by atoms with van der Waals surface area (Å²) in [5.41, 5.74) is 2.64. The van der Waals surface area contributed by atoms with Crippen LogP contribution in [0.2, 0.25) is 0 Å². The fourth-order valence-electron chi connectivity index (χ4n) is 2.09. The molecule has 0 aliphatic carbocycles. The van der Waals surface area contributed by atoms with E-state index in [0.717, 1.165) is 31.4 Å². The molecule has 0 fully saturated rings. The average molecular weight is 206 g/mol. The maximum atomic E-state index is 8.71. The molecule has 0 amide bonds. The quantitative estimate of drug-likeness (QED) is 0.767. The number of hydrogen-bond acceptors (Lipinski definition) is 2. The Kier molecular flexibility index (Phi) is 3.27. The van der Waals surface area contributed by atoms with Crippen LogP contribution >= 0.6 is 0 Å². The Balaban J connectivity index is 1.91. The van der Waals surface area contributed by atoms with Gasteiger partial charge in [-0.05, 0) is 37.8 Å². The molecule has 0 saturated carbocycles. The summed E-state index contributed by atoms with van der Waals surface area (Å²) in [5.74, 6) is 1.05. The molecule has 2 rings (SSSR count). The minimum Gasteiger partial charge on any atom is -0.490 e. The lowest BCUT2D eigenvalue weighted by Gasteiger charge is -2.09. The third-order valence-corrected chi connectivity index (χ3v) is 2.89. The molecular formula is C13H18O2. The summed E-state index contributed by atoms with van der Waals surface area (Å²) in [6.07, 6.45) is 4.34. The predicted octanol–water partition coefficient (Wildman–Crippen LogP) is 2.46. The van der Waals surface area contributed by atoms with Crippen LogP contribution in [0.5, 0.6) is 5.75 Å². The van der Waals surface area contributed by atoms with Crippen LogP contribution in [0.3, 0.4) is 0 Å². The zero-order valence-electron chi connectivity index (χ0n) is 9.20. The number of unbranched alkanes of at least 4 members (excludes halogenated alkanes) is 1. The molecule has 1 unspecified atom stereocenters. The predicted molar refractivity (Wildman–Crippen MR) is 60.2 cm³/mol. The normalized spacial score (nSPS) is 18.7. The maximum Gasteiger partial charge on any atom is 0.123 e. The first-order valence-electron chi connectivity index (χ1n) is 5.66. The lowest BCUT2D eigenvalue weighted by molar-refractivity contribution is 0.208. The Hall–Kier alpha value is -1.02. The third-order valence-electron chi connectivity index (χ3n) is 2.89. The van der Waals surface area contributed by atoms with Crippen LogP contribution in [0.25, 0.3) is 0 Å². The lowest BCUT2D eigenvalue weighted by Crippen LogP contribution is -2.12. The second-order valence-electron chi connectivity index (χ2n) is 4.27. The highest BCUT2D eigenvalue weighted by Gasteiger charge is 2.21. The third kappa shape index (κ3) is 2.51. The van der Waals surface area contributed by atoms with E-state index in [1.807, 2.05) is 0 Å². The first-order valence-corrected chi connectivity index (χ1v) is 5.66. The average Bonchev–Trinajstić information content (AvgIpc) is 2.60. The van der Waals surface area contributed by atoms with Crippen molar-refractivity contribution in [3.63, 3.8) is 0 Å². The van der Waals surface area contributed by atoms with Crippen LogP contribution in [-0.4, -0.2) is 17.8 Å². The fraction of sp³-hybridized carbons (Fsp3) is 0.538. The second kappa shape index (κ2) is 4.67. The van der Waals surface area contributed by atoms with E-state index in [1.165, 1.54) is 11.1 Å². The van der Waals surface area contributed by atoms with Crippen molar-refractivity contribution < 1.29 is 9.84 Å². The van der Waals surface area contributed by atoms with Crippen LogP contribution in [0, 0.1) is 6.92 Å². The summed E-state index contributed by atoms with van der Waals surface area (Å²) < 4.78 is 5.83. The van der Waals surface area contributed by atoms with E-state index in [0.29, 0.717) is 12.7 Å². The molecule has 15 heavy (non-hydrogen) atoms. The molecule has 1 aliphatic rings. The van der Waals surface area contributed by atoms with Gasteiger partial charge in [0.1, 0.15) is 11.9 Å². The Bertz CT molecular complexity index is 333. The van der Waals surface area contributed by atoms with Gasteiger partial charge in [-0.2, -0.15) is 0 Å². The van der Waals surface area contributed by atoms with Gasteiger partial charge in [-0.1, -0.05) is 17.7 Å². The van der Waals surface area contributed by atoms with Gasteiger partial charge in [0.05, 0.1) is 0 Å². The molecule has 1 N–H and O–H groups in total. The van der Waals surface area contributed by atoms with Crippen molar-refractivity contribution in [1.29, 1.82) is 0 Å². The van der Waals surface area contributed by atoms with Crippen molar-refractivity contribution in [2.24, 2.45) is 0 Å². The highest BCUT2D eigenvalue weighted by atomic mass is 16.5. The molecule has 0 radical (unpaired) electrons. The molecule has 1 aromatic carbocycles. The van der Waals surface area contributed by atoms with Gasteiger partial charge >= 0.3 is 0 Å². The summed E-state index contributed by atoms with van der Waals surface area (Å²) >= 11 is 0. The van der Waals surface area contributed by atoms with Crippen molar-refractivity contribution in [1.82, 2.24) is 0 Å². The number of benzene rings is 1. The summed E-state index contributed by atoms with van der Waals surface area (Å²) in [6, 6.07) is 6.37. The molecule has 1 atom stereocenters. The molecular weight excluding hydrogens is 188 g/mol. The molecule has 2 nitrogen and oxygen atoms in total. The van der Waals surface area contributed by atoms with Crippen LogP contribution in [0.4, 0.5) is 0 Å². The number of rotatable bonds is 4. The highest BCUT2D eigenvalue weighted by Crippen LogP contribution is 2.31. The van der Waals surface area contributed by atoms with Crippen molar-refractivity contribution >= 4 is 0 Å².